The molecule has 13 heavy (non-hydrogen) atoms. The molecule has 2 heteroatoms. The molecule has 0 saturated carbocycles. The smallest absolute Gasteiger partial charge is 0.0655 e. The van der Waals surface area contributed by atoms with Crippen LogP contribution in [0.5, 0.6) is 0 Å². The number of rotatable bonds is 4. The van der Waals surface area contributed by atoms with Gasteiger partial charge in [-0.3, -0.25) is 0 Å². The Morgan fingerprint density at radius 1 is 1.46 bits per heavy atom. The summed E-state index contributed by atoms with van der Waals surface area (Å²) in [4.78, 5) is 0. The summed E-state index contributed by atoms with van der Waals surface area (Å²) in [6.07, 6.45) is 1.05. The third-order valence-corrected chi connectivity index (χ3v) is 2.13. The highest BCUT2D eigenvalue weighted by molar-refractivity contribution is 5.25. The van der Waals surface area contributed by atoms with Gasteiger partial charge in [-0.2, -0.15) is 0 Å². The quantitative estimate of drug-likeness (QED) is 0.766. The van der Waals surface area contributed by atoms with E-state index in [-0.39, 0.29) is 6.04 Å². The molecule has 0 saturated heterocycles. The molecule has 2 nitrogen and oxygen atoms in total. The fourth-order valence-corrected chi connectivity index (χ4v) is 1.32. The largest absolute Gasteiger partial charge is 0.383 e. The number of nitrogens with two attached hydrogens (primary N) is 1. The fraction of sp³-hybridized carbons (Fsp3) is 0.455. The minimum atomic E-state index is -0.00324. The van der Waals surface area contributed by atoms with Crippen LogP contribution in [0.15, 0.2) is 24.3 Å². The zero-order chi connectivity index (χ0) is 9.68. The molecule has 0 aliphatic rings. The second kappa shape index (κ2) is 5.00. The van der Waals surface area contributed by atoms with Crippen molar-refractivity contribution in [2.45, 2.75) is 19.4 Å². The number of hydrogen-bond acceptors (Lipinski definition) is 2. The van der Waals surface area contributed by atoms with Crippen LogP contribution in [0.2, 0.25) is 0 Å². The highest BCUT2D eigenvalue weighted by Gasteiger charge is 2.04. The Hall–Kier alpha value is -0.860. The van der Waals surface area contributed by atoms with Gasteiger partial charge in [-0.15, -0.1) is 0 Å². The predicted octanol–water partition coefficient (Wildman–Crippen LogP) is 1.90. The van der Waals surface area contributed by atoms with E-state index in [1.165, 1.54) is 5.56 Å². The standard InChI is InChI=1S/C11H17NO/c1-3-9-5-4-6-10(7-9)11(12)8-13-2/h4-7,11H,3,8,12H2,1-2H3/t11-/m1/s1. The highest BCUT2D eigenvalue weighted by atomic mass is 16.5. The number of aryl methyl sites for hydroxylation is 1. The van der Waals surface area contributed by atoms with Crippen molar-refractivity contribution in [3.05, 3.63) is 35.4 Å². The first kappa shape index (κ1) is 10.2. The van der Waals surface area contributed by atoms with Crippen LogP contribution >= 0.6 is 0 Å². The van der Waals surface area contributed by atoms with Gasteiger partial charge in [0.1, 0.15) is 0 Å². The molecule has 1 aromatic carbocycles. The molecule has 0 aromatic heterocycles. The molecule has 0 bridgehead atoms. The first-order chi connectivity index (χ1) is 6.27. The Kier molecular flexibility index (Phi) is 3.93. The van der Waals surface area contributed by atoms with E-state index in [1.54, 1.807) is 7.11 Å². The van der Waals surface area contributed by atoms with Gasteiger partial charge in [-0.25, -0.2) is 0 Å². The lowest BCUT2D eigenvalue weighted by Crippen LogP contribution is -2.16. The van der Waals surface area contributed by atoms with E-state index in [4.69, 9.17) is 10.5 Å². The zero-order valence-electron chi connectivity index (χ0n) is 8.29. The van der Waals surface area contributed by atoms with Crippen LogP contribution in [-0.4, -0.2) is 13.7 Å². The lowest BCUT2D eigenvalue weighted by atomic mass is 10.0. The first-order valence-electron chi connectivity index (χ1n) is 4.61. The van der Waals surface area contributed by atoms with Crippen molar-refractivity contribution in [3.8, 4) is 0 Å². The summed E-state index contributed by atoms with van der Waals surface area (Å²) in [6.45, 7) is 2.72. The normalized spacial score (nSPS) is 12.8. The van der Waals surface area contributed by atoms with E-state index in [2.05, 4.69) is 19.1 Å². The average Bonchev–Trinajstić information content (AvgIpc) is 2.18. The summed E-state index contributed by atoms with van der Waals surface area (Å²) in [7, 11) is 1.67. The van der Waals surface area contributed by atoms with Gasteiger partial charge < -0.3 is 10.5 Å². The van der Waals surface area contributed by atoms with Gasteiger partial charge in [-0.1, -0.05) is 31.2 Å². The second-order valence-electron chi connectivity index (χ2n) is 3.16. The molecule has 2 N–H and O–H groups in total. The van der Waals surface area contributed by atoms with Crippen molar-refractivity contribution in [2.75, 3.05) is 13.7 Å². The van der Waals surface area contributed by atoms with Crippen molar-refractivity contribution in [1.82, 2.24) is 0 Å². The molecule has 0 radical (unpaired) electrons. The Labute approximate surface area is 79.7 Å². The monoisotopic (exact) mass is 179 g/mol. The number of ether oxygens (including phenoxy) is 1. The molecule has 0 fully saturated rings. The Morgan fingerprint density at radius 3 is 2.85 bits per heavy atom. The molecule has 1 rings (SSSR count). The van der Waals surface area contributed by atoms with Gasteiger partial charge in [0.25, 0.3) is 0 Å². The SMILES string of the molecule is CCc1cccc([C@H](N)COC)c1. The van der Waals surface area contributed by atoms with E-state index in [1.807, 2.05) is 12.1 Å². The van der Waals surface area contributed by atoms with E-state index in [9.17, 15) is 0 Å². The maximum Gasteiger partial charge on any atom is 0.0655 e. The third kappa shape index (κ3) is 2.83. The van der Waals surface area contributed by atoms with Crippen molar-refractivity contribution in [2.24, 2.45) is 5.73 Å². The van der Waals surface area contributed by atoms with Crippen LogP contribution in [0.1, 0.15) is 24.1 Å². The number of benzene rings is 1. The molecule has 1 aromatic rings. The van der Waals surface area contributed by atoms with Crippen LogP contribution in [0.4, 0.5) is 0 Å². The molecular weight excluding hydrogens is 162 g/mol. The second-order valence-corrected chi connectivity index (χ2v) is 3.16. The summed E-state index contributed by atoms with van der Waals surface area (Å²) in [6, 6.07) is 8.34. The average molecular weight is 179 g/mol. The van der Waals surface area contributed by atoms with Gasteiger partial charge in [0.05, 0.1) is 12.6 Å². The van der Waals surface area contributed by atoms with Gasteiger partial charge in [0, 0.05) is 7.11 Å². The summed E-state index contributed by atoms with van der Waals surface area (Å²) >= 11 is 0. The third-order valence-electron chi connectivity index (χ3n) is 2.13. The van der Waals surface area contributed by atoms with Gasteiger partial charge in [0.15, 0.2) is 0 Å². The van der Waals surface area contributed by atoms with E-state index >= 15 is 0 Å². The molecule has 0 aliphatic carbocycles. The van der Waals surface area contributed by atoms with E-state index in [0.717, 1.165) is 12.0 Å². The van der Waals surface area contributed by atoms with Crippen molar-refractivity contribution in [3.63, 3.8) is 0 Å². The minimum Gasteiger partial charge on any atom is -0.383 e. The van der Waals surface area contributed by atoms with Crippen LogP contribution in [-0.2, 0) is 11.2 Å². The summed E-state index contributed by atoms with van der Waals surface area (Å²) in [5.41, 5.74) is 8.38. The topological polar surface area (TPSA) is 35.2 Å². The zero-order valence-corrected chi connectivity index (χ0v) is 8.29. The Bertz CT molecular complexity index is 260. The summed E-state index contributed by atoms with van der Waals surface area (Å²) < 4.78 is 5.01. The first-order valence-corrected chi connectivity index (χ1v) is 4.61. The maximum atomic E-state index is 5.90. The molecule has 0 heterocycles. The molecule has 72 valence electrons. The lowest BCUT2D eigenvalue weighted by Gasteiger charge is -2.11. The van der Waals surface area contributed by atoms with Crippen LogP contribution in [0.25, 0.3) is 0 Å². The van der Waals surface area contributed by atoms with Crippen molar-refractivity contribution < 1.29 is 4.74 Å². The van der Waals surface area contributed by atoms with Gasteiger partial charge >= 0.3 is 0 Å². The summed E-state index contributed by atoms with van der Waals surface area (Å²) in [5.74, 6) is 0. The predicted molar refractivity (Wildman–Crippen MR) is 54.6 cm³/mol. The van der Waals surface area contributed by atoms with Crippen LogP contribution in [0.3, 0.4) is 0 Å². The molecule has 0 aliphatic heterocycles. The number of methoxy groups -OCH3 is 1. The highest BCUT2D eigenvalue weighted by Crippen LogP contribution is 2.12. The van der Waals surface area contributed by atoms with E-state index in [0.29, 0.717) is 6.61 Å². The maximum absolute atomic E-state index is 5.90. The van der Waals surface area contributed by atoms with Crippen molar-refractivity contribution >= 4 is 0 Å². The van der Waals surface area contributed by atoms with Gasteiger partial charge in [-0.05, 0) is 17.5 Å². The van der Waals surface area contributed by atoms with Crippen LogP contribution < -0.4 is 5.73 Å². The Morgan fingerprint density at radius 2 is 2.23 bits per heavy atom. The number of hydrogen-bond donors (Lipinski definition) is 1. The van der Waals surface area contributed by atoms with E-state index < -0.39 is 0 Å². The minimum absolute atomic E-state index is 0.00324. The molecule has 0 amide bonds. The molecule has 0 spiro atoms. The summed E-state index contributed by atoms with van der Waals surface area (Å²) in [5, 5.41) is 0. The lowest BCUT2D eigenvalue weighted by molar-refractivity contribution is 0.181. The molecule has 1 atom stereocenters. The molecule has 0 unspecified atom stereocenters. The van der Waals surface area contributed by atoms with Crippen molar-refractivity contribution in [1.29, 1.82) is 0 Å². The fourth-order valence-electron chi connectivity index (χ4n) is 1.32. The molecular formula is C11H17NO. The van der Waals surface area contributed by atoms with Gasteiger partial charge in [0.2, 0.25) is 0 Å². The Balaban J connectivity index is 2.75. The van der Waals surface area contributed by atoms with Crippen LogP contribution in [0, 0.1) is 0 Å².